The monoisotopic (exact) mass is 238 g/mol. The number of carboxylic acid groups (broad SMARTS) is 1. The van der Waals surface area contributed by atoms with Gasteiger partial charge in [-0.3, -0.25) is 4.79 Å². The van der Waals surface area contributed by atoms with Crippen molar-refractivity contribution in [2.75, 3.05) is 0 Å². The van der Waals surface area contributed by atoms with Crippen molar-refractivity contribution in [1.82, 2.24) is 0 Å². The Kier molecular flexibility index (Phi) is 2.70. The first kappa shape index (κ1) is 11.5. The Morgan fingerprint density at radius 1 is 1.38 bits per heavy atom. The Hall–Kier alpha value is -1.02. The van der Waals surface area contributed by atoms with E-state index in [4.69, 9.17) is 11.6 Å². The van der Waals surface area contributed by atoms with Gasteiger partial charge in [-0.15, -0.1) is 0 Å². The number of carboxylic acids is 1. The molecule has 0 saturated heterocycles. The Balaban J connectivity index is 2.59. The molecule has 2 nitrogen and oxygen atoms in total. The molecule has 0 bridgehead atoms. The van der Waals surface area contributed by atoms with Crippen molar-refractivity contribution in [3.63, 3.8) is 0 Å². The topological polar surface area (TPSA) is 37.3 Å². The molecule has 1 saturated carbocycles. The van der Waals surface area contributed by atoms with Gasteiger partial charge in [-0.25, -0.2) is 0 Å². The van der Waals surface area contributed by atoms with E-state index in [0.717, 1.165) is 23.1 Å². The molecule has 0 atom stereocenters. The lowest BCUT2D eigenvalue weighted by atomic mass is 9.63. The molecule has 1 aliphatic carbocycles. The summed E-state index contributed by atoms with van der Waals surface area (Å²) in [7, 11) is 0. The predicted octanol–water partition coefficient (Wildman–Crippen LogP) is 3.46. The quantitative estimate of drug-likeness (QED) is 0.857. The van der Waals surface area contributed by atoms with Gasteiger partial charge in [0.25, 0.3) is 0 Å². The summed E-state index contributed by atoms with van der Waals surface area (Å²) in [5.74, 6) is -0.743. The smallest absolute Gasteiger partial charge is 0.314 e. The molecule has 0 unspecified atom stereocenters. The molecule has 0 aliphatic heterocycles. The highest BCUT2D eigenvalue weighted by atomic mass is 35.5. The largest absolute Gasteiger partial charge is 0.481 e. The van der Waals surface area contributed by atoms with Crippen LogP contribution in [0.2, 0.25) is 5.02 Å². The summed E-state index contributed by atoms with van der Waals surface area (Å²) < 4.78 is 0. The van der Waals surface area contributed by atoms with Crippen molar-refractivity contribution in [2.24, 2.45) is 0 Å². The van der Waals surface area contributed by atoms with Gasteiger partial charge < -0.3 is 5.11 Å². The second-order valence-corrected chi connectivity index (χ2v) is 5.09. The van der Waals surface area contributed by atoms with E-state index in [2.05, 4.69) is 0 Å². The lowest BCUT2D eigenvalue weighted by Crippen LogP contribution is -2.43. The predicted molar refractivity (Wildman–Crippen MR) is 64.1 cm³/mol. The number of hydrogen-bond donors (Lipinski definition) is 1. The number of benzene rings is 1. The molecule has 0 spiro atoms. The maximum atomic E-state index is 11.4. The maximum Gasteiger partial charge on any atom is 0.314 e. The average molecular weight is 239 g/mol. The lowest BCUT2D eigenvalue weighted by Gasteiger charge is -2.39. The number of aliphatic carboxylic acids is 1. The summed E-state index contributed by atoms with van der Waals surface area (Å²) in [5.41, 5.74) is 2.16. The summed E-state index contributed by atoms with van der Waals surface area (Å²) in [6.45, 7) is 3.91. The van der Waals surface area contributed by atoms with Gasteiger partial charge in [0, 0.05) is 5.02 Å². The maximum absolute atomic E-state index is 11.4. The van der Waals surface area contributed by atoms with E-state index < -0.39 is 11.4 Å². The second-order valence-electron chi connectivity index (χ2n) is 4.68. The van der Waals surface area contributed by atoms with Crippen molar-refractivity contribution in [2.45, 2.75) is 38.5 Å². The molecule has 1 N–H and O–H groups in total. The first-order chi connectivity index (χ1) is 7.47. The van der Waals surface area contributed by atoms with Crippen LogP contribution in [-0.4, -0.2) is 11.1 Å². The minimum absolute atomic E-state index is 0.597. The molecular weight excluding hydrogens is 224 g/mol. The number of rotatable bonds is 2. The summed E-state index contributed by atoms with van der Waals surface area (Å²) in [4.78, 5) is 11.4. The molecule has 0 radical (unpaired) electrons. The number of aryl methyl sites for hydroxylation is 2. The zero-order chi connectivity index (χ0) is 11.9. The van der Waals surface area contributed by atoms with E-state index in [0.29, 0.717) is 17.9 Å². The van der Waals surface area contributed by atoms with Crippen molar-refractivity contribution < 1.29 is 9.90 Å². The number of hydrogen-bond acceptors (Lipinski definition) is 1. The van der Waals surface area contributed by atoms with Gasteiger partial charge in [0.05, 0.1) is 5.41 Å². The van der Waals surface area contributed by atoms with Gasteiger partial charge in [-0.2, -0.15) is 0 Å². The van der Waals surface area contributed by atoms with Crippen LogP contribution in [0.25, 0.3) is 0 Å². The molecule has 1 fully saturated rings. The molecule has 1 aliphatic rings. The van der Waals surface area contributed by atoms with E-state index >= 15 is 0 Å². The Morgan fingerprint density at radius 2 is 2.00 bits per heavy atom. The molecule has 1 aromatic rings. The first-order valence-corrected chi connectivity index (χ1v) is 5.86. The van der Waals surface area contributed by atoms with Crippen LogP contribution in [0.4, 0.5) is 0 Å². The molecule has 2 rings (SSSR count). The van der Waals surface area contributed by atoms with Crippen molar-refractivity contribution in [3.05, 3.63) is 33.8 Å². The third-order valence-electron chi connectivity index (χ3n) is 3.53. The van der Waals surface area contributed by atoms with Crippen molar-refractivity contribution >= 4 is 17.6 Å². The highest BCUT2D eigenvalue weighted by Crippen LogP contribution is 2.48. The van der Waals surface area contributed by atoms with E-state index in [9.17, 15) is 9.90 Å². The van der Waals surface area contributed by atoms with Crippen molar-refractivity contribution in [3.8, 4) is 0 Å². The van der Waals surface area contributed by atoms with Crippen LogP contribution in [0.5, 0.6) is 0 Å². The Bertz CT molecular complexity index is 424. The van der Waals surface area contributed by atoms with Gasteiger partial charge in [-0.05, 0) is 49.4 Å². The van der Waals surface area contributed by atoms with E-state index in [1.54, 1.807) is 0 Å². The molecule has 16 heavy (non-hydrogen) atoms. The lowest BCUT2D eigenvalue weighted by molar-refractivity contribution is -0.147. The minimum atomic E-state index is -0.743. The molecule has 0 heterocycles. The molecule has 0 aromatic heterocycles. The Morgan fingerprint density at radius 3 is 2.38 bits per heavy atom. The summed E-state index contributed by atoms with van der Waals surface area (Å²) in [5, 5.41) is 9.99. The van der Waals surface area contributed by atoms with Crippen LogP contribution in [0.1, 0.15) is 36.0 Å². The first-order valence-electron chi connectivity index (χ1n) is 5.48. The van der Waals surface area contributed by atoms with Gasteiger partial charge in [-0.1, -0.05) is 24.1 Å². The van der Waals surface area contributed by atoms with Gasteiger partial charge in [0.2, 0.25) is 0 Å². The van der Waals surface area contributed by atoms with Crippen LogP contribution in [0.3, 0.4) is 0 Å². The highest BCUT2D eigenvalue weighted by Gasteiger charge is 2.47. The van der Waals surface area contributed by atoms with Crippen LogP contribution < -0.4 is 0 Å². The van der Waals surface area contributed by atoms with Crippen LogP contribution >= 0.6 is 11.6 Å². The number of carbonyl (C=O) groups is 1. The average Bonchev–Trinajstić information content (AvgIpc) is 2.06. The summed E-state index contributed by atoms with van der Waals surface area (Å²) in [6.07, 6.45) is 2.37. The van der Waals surface area contributed by atoms with E-state index in [-0.39, 0.29) is 0 Å². The van der Waals surface area contributed by atoms with Crippen LogP contribution in [0, 0.1) is 13.8 Å². The fraction of sp³-hybridized carbons (Fsp3) is 0.462. The standard InChI is InChI=1S/C13H15ClO2/c1-8-6-9(2)11(10(14)7-8)13(12(15)16)4-3-5-13/h6-7H,3-5H2,1-2H3,(H,15,16). The molecule has 86 valence electrons. The zero-order valence-corrected chi connectivity index (χ0v) is 10.3. The molecular formula is C13H15ClO2. The zero-order valence-electron chi connectivity index (χ0n) is 9.51. The van der Waals surface area contributed by atoms with Gasteiger partial charge >= 0.3 is 5.97 Å². The third-order valence-corrected chi connectivity index (χ3v) is 3.82. The van der Waals surface area contributed by atoms with Crippen LogP contribution in [0.15, 0.2) is 12.1 Å². The second kappa shape index (κ2) is 3.77. The van der Waals surface area contributed by atoms with Gasteiger partial charge in [0.15, 0.2) is 0 Å². The summed E-state index contributed by atoms with van der Waals surface area (Å²) >= 11 is 6.21. The number of halogens is 1. The fourth-order valence-corrected chi connectivity index (χ4v) is 3.12. The molecule has 0 amide bonds. The molecule has 1 aromatic carbocycles. The third kappa shape index (κ3) is 1.52. The van der Waals surface area contributed by atoms with Crippen LogP contribution in [-0.2, 0) is 10.2 Å². The van der Waals surface area contributed by atoms with Crippen molar-refractivity contribution in [1.29, 1.82) is 0 Å². The van der Waals surface area contributed by atoms with E-state index in [1.807, 2.05) is 26.0 Å². The Labute approximate surface area is 100 Å². The van der Waals surface area contributed by atoms with Gasteiger partial charge in [0.1, 0.15) is 0 Å². The summed E-state index contributed by atoms with van der Waals surface area (Å²) in [6, 6.07) is 3.86. The SMILES string of the molecule is Cc1cc(C)c(C2(C(=O)O)CCC2)c(Cl)c1. The minimum Gasteiger partial charge on any atom is -0.481 e. The highest BCUT2D eigenvalue weighted by molar-refractivity contribution is 6.32. The molecule has 3 heteroatoms. The normalized spacial score (nSPS) is 17.9. The van der Waals surface area contributed by atoms with E-state index in [1.165, 1.54) is 0 Å². The fourth-order valence-electron chi connectivity index (χ4n) is 2.62.